The van der Waals surface area contributed by atoms with Gasteiger partial charge in [0.15, 0.2) is 11.3 Å². The molecule has 0 aliphatic heterocycles. The summed E-state index contributed by atoms with van der Waals surface area (Å²) in [7, 11) is 1.56. The quantitative estimate of drug-likeness (QED) is 0.415. The zero-order valence-corrected chi connectivity index (χ0v) is 16.4. The molecule has 1 amide bonds. The van der Waals surface area contributed by atoms with Crippen molar-refractivity contribution in [3.63, 3.8) is 0 Å². The predicted octanol–water partition coefficient (Wildman–Crippen LogP) is 3.61. The molecule has 4 aromatic rings. The number of ether oxygens (including phenoxy) is 1. The summed E-state index contributed by atoms with van der Waals surface area (Å²) in [6, 6.07) is 16.6. The summed E-state index contributed by atoms with van der Waals surface area (Å²) < 4.78 is 11.5. The molecule has 0 unspecified atom stereocenters. The molecule has 2 aromatic heterocycles. The molecule has 2 heterocycles. The van der Waals surface area contributed by atoms with Crippen LogP contribution in [0.3, 0.4) is 0 Å². The van der Waals surface area contributed by atoms with E-state index in [1.54, 1.807) is 31.3 Å². The second-order valence-electron chi connectivity index (χ2n) is 6.53. The van der Waals surface area contributed by atoms with Gasteiger partial charge in [-0.2, -0.15) is 4.98 Å². The Hall–Kier alpha value is -4.40. The van der Waals surface area contributed by atoms with E-state index in [0.29, 0.717) is 22.6 Å². The van der Waals surface area contributed by atoms with E-state index in [-0.39, 0.29) is 17.6 Å². The van der Waals surface area contributed by atoms with Gasteiger partial charge in [-0.05, 0) is 23.8 Å². The van der Waals surface area contributed by atoms with Crippen LogP contribution in [-0.2, 0) is 4.79 Å². The van der Waals surface area contributed by atoms with Gasteiger partial charge < -0.3 is 24.9 Å². The second kappa shape index (κ2) is 8.54. The van der Waals surface area contributed by atoms with E-state index in [1.165, 1.54) is 12.3 Å². The van der Waals surface area contributed by atoms with Crippen molar-refractivity contribution < 1.29 is 23.8 Å². The molecular weight excluding hydrogens is 400 g/mol. The lowest BCUT2D eigenvalue weighted by atomic mass is 10.1. The Morgan fingerprint density at radius 1 is 1.06 bits per heavy atom. The van der Waals surface area contributed by atoms with Crippen molar-refractivity contribution in [2.75, 3.05) is 12.4 Å². The SMILES string of the molecule is CNC(=O)[C@@H](Nc1nc2ccc(Oc3ccnc(C(=O)O)c3)cc2o1)c1ccccc1. The third-order valence-corrected chi connectivity index (χ3v) is 4.46. The van der Waals surface area contributed by atoms with Crippen LogP contribution in [0.25, 0.3) is 11.1 Å². The number of fused-ring (bicyclic) bond motifs is 1. The lowest BCUT2D eigenvalue weighted by molar-refractivity contribution is -0.121. The van der Waals surface area contributed by atoms with Crippen molar-refractivity contribution in [1.29, 1.82) is 0 Å². The lowest BCUT2D eigenvalue weighted by Gasteiger charge is -2.16. The number of hydrogen-bond acceptors (Lipinski definition) is 7. The number of carboxylic acids is 1. The zero-order chi connectivity index (χ0) is 21.8. The molecule has 0 aliphatic rings. The molecule has 4 rings (SSSR count). The minimum atomic E-state index is -1.14. The molecule has 1 atom stereocenters. The smallest absolute Gasteiger partial charge is 0.354 e. The van der Waals surface area contributed by atoms with Crippen molar-refractivity contribution in [3.05, 3.63) is 78.1 Å². The number of carboxylic acid groups (broad SMARTS) is 1. The van der Waals surface area contributed by atoms with Gasteiger partial charge in [-0.25, -0.2) is 9.78 Å². The second-order valence-corrected chi connectivity index (χ2v) is 6.53. The molecule has 9 heteroatoms. The van der Waals surface area contributed by atoms with Gasteiger partial charge in [0.05, 0.1) is 0 Å². The minimum Gasteiger partial charge on any atom is -0.477 e. The fraction of sp³-hybridized carbons (Fsp3) is 0.0909. The van der Waals surface area contributed by atoms with Gasteiger partial charge in [0, 0.05) is 25.4 Å². The molecule has 9 nitrogen and oxygen atoms in total. The van der Waals surface area contributed by atoms with E-state index in [1.807, 2.05) is 30.3 Å². The van der Waals surface area contributed by atoms with Crippen molar-refractivity contribution in [2.24, 2.45) is 0 Å². The highest BCUT2D eigenvalue weighted by Crippen LogP contribution is 2.29. The van der Waals surface area contributed by atoms with Crippen molar-refractivity contribution in [1.82, 2.24) is 15.3 Å². The number of carbonyl (C=O) groups is 2. The summed E-state index contributed by atoms with van der Waals surface area (Å²) >= 11 is 0. The molecule has 31 heavy (non-hydrogen) atoms. The van der Waals surface area contributed by atoms with Gasteiger partial charge >= 0.3 is 5.97 Å². The lowest BCUT2D eigenvalue weighted by Crippen LogP contribution is -2.30. The summed E-state index contributed by atoms with van der Waals surface area (Å²) in [5.74, 6) is -0.614. The molecule has 0 saturated carbocycles. The number of carbonyl (C=O) groups excluding carboxylic acids is 1. The number of hydrogen-bond donors (Lipinski definition) is 3. The Morgan fingerprint density at radius 2 is 1.84 bits per heavy atom. The molecule has 0 spiro atoms. The highest BCUT2D eigenvalue weighted by molar-refractivity contribution is 5.86. The van der Waals surface area contributed by atoms with E-state index in [2.05, 4.69) is 20.6 Å². The third kappa shape index (κ3) is 4.45. The van der Waals surface area contributed by atoms with Crippen LogP contribution in [0.5, 0.6) is 11.5 Å². The highest BCUT2D eigenvalue weighted by atomic mass is 16.5. The van der Waals surface area contributed by atoms with Gasteiger partial charge in [-0.15, -0.1) is 0 Å². The van der Waals surface area contributed by atoms with Crippen LogP contribution >= 0.6 is 0 Å². The van der Waals surface area contributed by atoms with Gasteiger partial charge in [-0.1, -0.05) is 30.3 Å². The predicted molar refractivity (Wildman–Crippen MR) is 112 cm³/mol. The monoisotopic (exact) mass is 418 g/mol. The first-order chi connectivity index (χ1) is 15.0. The Bertz CT molecular complexity index is 1240. The molecule has 0 fully saturated rings. The van der Waals surface area contributed by atoms with Crippen molar-refractivity contribution in [2.45, 2.75) is 6.04 Å². The minimum absolute atomic E-state index is 0.120. The van der Waals surface area contributed by atoms with Gasteiger partial charge in [0.2, 0.25) is 5.91 Å². The first kappa shape index (κ1) is 19.9. The molecule has 156 valence electrons. The van der Waals surface area contributed by atoms with E-state index in [4.69, 9.17) is 14.3 Å². The fourth-order valence-corrected chi connectivity index (χ4v) is 2.97. The number of aromatic carboxylic acids is 1. The fourth-order valence-electron chi connectivity index (χ4n) is 2.97. The van der Waals surface area contributed by atoms with E-state index < -0.39 is 12.0 Å². The Morgan fingerprint density at radius 3 is 2.58 bits per heavy atom. The number of likely N-dealkylation sites (N-methyl/N-ethyl adjacent to an activating group) is 1. The summed E-state index contributed by atoms with van der Waals surface area (Å²) in [5.41, 5.74) is 1.65. The molecule has 0 bridgehead atoms. The number of rotatable bonds is 7. The number of aromatic nitrogens is 2. The topological polar surface area (TPSA) is 127 Å². The Balaban J connectivity index is 1.58. The largest absolute Gasteiger partial charge is 0.477 e. The maximum atomic E-state index is 12.4. The van der Waals surface area contributed by atoms with Crippen molar-refractivity contribution in [3.8, 4) is 11.5 Å². The first-order valence-electron chi connectivity index (χ1n) is 9.34. The van der Waals surface area contributed by atoms with E-state index >= 15 is 0 Å². The highest BCUT2D eigenvalue weighted by Gasteiger charge is 2.21. The molecule has 0 aliphatic carbocycles. The number of nitrogens with one attached hydrogen (secondary N) is 2. The van der Waals surface area contributed by atoms with Crippen LogP contribution in [0.4, 0.5) is 6.01 Å². The van der Waals surface area contributed by atoms with Gasteiger partial charge in [-0.3, -0.25) is 4.79 Å². The summed E-state index contributed by atoms with van der Waals surface area (Å²) in [4.78, 5) is 31.6. The van der Waals surface area contributed by atoms with Crippen LogP contribution in [0, 0.1) is 0 Å². The van der Waals surface area contributed by atoms with Gasteiger partial charge in [0.25, 0.3) is 6.01 Å². The maximum absolute atomic E-state index is 12.4. The average Bonchev–Trinajstić information content (AvgIpc) is 3.19. The number of benzene rings is 2. The molecule has 3 N–H and O–H groups in total. The number of anilines is 1. The van der Waals surface area contributed by atoms with Crippen LogP contribution in [-0.4, -0.2) is 34.0 Å². The number of amides is 1. The van der Waals surface area contributed by atoms with Crippen molar-refractivity contribution >= 4 is 29.0 Å². The molecular formula is C22H18N4O5. The summed E-state index contributed by atoms with van der Waals surface area (Å²) in [6.07, 6.45) is 1.36. The Kier molecular flexibility index (Phi) is 5.48. The molecule has 0 saturated heterocycles. The summed E-state index contributed by atoms with van der Waals surface area (Å²) in [5, 5.41) is 14.7. The van der Waals surface area contributed by atoms with E-state index in [9.17, 15) is 9.59 Å². The first-order valence-corrected chi connectivity index (χ1v) is 9.34. The van der Waals surface area contributed by atoms with Gasteiger partial charge in [0.1, 0.15) is 23.1 Å². The zero-order valence-electron chi connectivity index (χ0n) is 16.4. The van der Waals surface area contributed by atoms with Crippen LogP contribution in [0.2, 0.25) is 0 Å². The van der Waals surface area contributed by atoms with Crippen LogP contribution in [0.15, 0.2) is 71.3 Å². The average molecular weight is 418 g/mol. The van der Waals surface area contributed by atoms with Crippen LogP contribution < -0.4 is 15.4 Å². The standard InChI is InChI=1S/C22H18N4O5/c1-23-20(27)19(13-5-3-2-4-6-13)26-22-25-16-8-7-14(12-18(16)31-22)30-15-9-10-24-17(11-15)21(28)29/h2-12,19H,1H3,(H,23,27)(H,25,26)(H,28,29)/t19-/m0/s1. The number of nitrogens with zero attached hydrogens (tertiary/aromatic N) is 2. The molecule has 0 radical (unpaired) electrons. The van der Waals surface area contributed by atoms with E-state index in [0.717, 1.165) is 5.56 Å². The number of oxazole rings is 1. The van der Waals surface area contributed by atoms with Crippen LogP contribution in [0.1, 0.15) is 22.1 Å². The maximum Gasteiger partial charge on any atom is 0.354 e. The molecule has 2 aromatic carbocycles. The Labute approximate surface area is 176 Å². The summed E-state index contributed by atoms with van der Waals surface area (Å²) in [6.45, 7) is 0. The third-order valence-electron chi connectivity index (χ3n) is 4.46. The number of pyridine rings is 1. The normalized spacial score (nSPS) is 11.6.